The first-order valence-electron chi connectivity index (χ1n) is 6.97. The molecule has 0 saturated heterocycles. The Morgan fingerprint density at radius 3 is 2.58 bits per heavy atom. The van der Waals surface area contributed by atoms with Gasteiger partial charge in [-0.3, -0.25) is 4.79 Å². The van der Waals surface area contributed by atoms with Gasteiger partial charge < -0.3 is 10.5 Å². The van der Waals surface area contributed by atoms with Crippen LogP contribution >= 0.6 is 23.2 Å². The van der Waals surface area contributed by atoms with Crippen molar-refractivity contribution in [2.45, 2.75) is 6.42 Å². The van der Waals surface area contributed by atoms with Gasteiger partial charge in [0.1, 0.15) is 17.4 Å². The van der Waals surface area contributed by atoms with E-state index in [0.717, 1.165) is 11.1 Å². The fraction of sp³-hybridized carbons (Fsp3) is 0.111. The number of nitrogens with zero attached hydrogens (tertiary/aromatic N) is 1. The molecule has 0 saturated carbocycles. The van der Waals surface area contributed by atoms with Crippen LogP contribution in [0.5, 0.6) is 5.75 Å². The van der Waals surface area contributed by atoms with Gasteiger partial charge in [-0.1, -0.05) is 41.4 Å². The van der Waals surface area contributed by atoms with E-state index in [0.29, 0.717) is 27.8 Å². The average molecular weight is 361 g/mol. The topological polar surface area (TPSA) is 76.1 Å². The van der Waals surface area contributed by atoms with Gasteiger partial charge in [-0.15, -0.1) is 0 Å². The molecule has 0 radical (unpaired) electrons. The summed E-state index contributed by atoms with van der Waals surface area (Å²) in [6.45, 7) is 0. The number of benzene rings is 2. The van der Waals surface area contributed by atoms with Crippen LogP contribution in [-0.2, 0) is 11.2 Å². The van der Waals surface area contributed by atoms with Crippen molar-refractivity contribution in [2.75, 3.05) is 7.11 Å². The van der Waals surface area contributed by atoms with Crippen LogP contribution in [0.3, 0.4) is 0 Å². The second-order valence-corrected chi connectivity index (χ2v) is 5.80. The van der Waals surface area contributed by atoms with Crippen molar-refractivity contribution in [3.8, 4) is 11.8 Å². The molecule has 0 atom stereocenters. The Morgan fingerprint density at radius 2 is 2.00 bits per heavy atom. The number of methoxy groups -OCH3 is 1. The molecule has 0 aliphatic rings. The molecule has 0 aromatic heterocycles. The summed E-state index contributed by atoms with van der Waals surface area (Å²) in [6.07, 6.45) is 1.86. The highest BCUT2D eigenvalue weighted by Gasteiger charge is 2.13. The summed E-state index contributed by atoms with van der Waals surface area (Å²) in [6, 6.07) is 12.6. The van der Waals surface area contributed by atoms with Crippen molar-refractivity contribution in [3.63, 3.8) is 0 Å². The molecule has 1 amide bonds. The van der Waals surface area contributed by atoms with E-state index in [2.05, 4.69) is 0 Å². The Labute approximate surface area is 150 Å². The Hall–Kier alpha value is -2.48. The smallest absolute Gasteiger partial charge is 0.259 e. The van der Waals surface area contributed by atoms with Crippen LogP contribution in [0, 0.1) is 11.3 Å². The van der Waals surface area contributed by atoms with Gasteiger partial charge in [-0.2, -0.15) is 5.26 Å². The number of carbonyl (C=O) groups excluding carboxylic acids is 1. The Bertz CT molecular complexity index is 855. The van der Waals surface area contributed by atoms with E-state index in [-0.39, 0.29) is 5.57 Å². The number of nitriles is 1. The molecule has 2 N–H and O–H groups in total. The predicted octanol–water partition coefficient (Wildman–Crippen LogP) is 3.99. The first-order chi connectivity index (χ1) is 11.5. The molecule has 2 aromatic rings. The van der Waals surface area contributed by atoms with E-state index in [1.54, 1.807) is 24.3 Å². The number of ether oxygens (including phenoxy) is 1. The second-order valence-electron chi connectivity index (χ2n) is 4.99. The summed E-state index contributed by atoms with van der Waals surface area (Å²) in [5.41, 5.74) is 7.21. The van der Waals surface area contributed by atoms with Crippen molar-refractivity contribution in [1.82, 2.24) is 0 Å². The fourth-order valence-corrected chi connectivity index (χ4v) is 2.71. The number of hydrogen-bond acceptors (Lipinski definition) is 3. The predicted molar refractivity (Wildman–Crippen MR) is 95.0 cm³/mol. The molecule has 0 bridgehead atoms. The normalized spacial score (nSPS) is 11.0. The van der Waals surface area contributed by atoms with Crippen molar-refractivity contribution in [3.05, 3.63) is 68.7 Å². The Morgan fingerprint density at radius 1 is 1.29 bits per heavy atom. The number of hydrogen-bond donors (Lipinski definition) is 1. The third-order valence-corrected chi connectivity index (χ3v) is 4.12. The molecule has 0 aliphatic carbocycles. The van der Waals surface area contributed by atoms with Gasteiger partial charge >= 0.3 is 0 Å². The van der Waals surface area contributed by atoms with Gasteiger partial charge in [0, 0.05) is 22.0 Å². The zero-order chi connectivity index (χ0) is 17.7. The summed E-state index contributed by atoms with van der Waals surface area (Å²) in [5, 5.41) is 10.0. The van der Waals surface area contributed by atoms with Gasteiger partial charge in [0.05, 0.1) is 7.11 Å². The van der Waals surface area contributed by atoms with Gasteiger partial charge in [0.15, 0.2) is 0 Å². The third kappa shape index (κ3) is 4.08. The average Bonchev–Trinajstić information content (AvgIpc) is 2.56. The zero-order valence-corrected chi connectivity index (χ0v) is 14.4. The lowest BCUT2D eigenvalue weighted by Crippen LogP contribution is -2.12. The first-order valence-corrected chi connectivity index (χ1v) is 7.73. The number of carbonyl (C=O) groups is 1. The van der Waals surface area contributed by atoms with Crippen LogP contribution in [0.25, 0.3) is 6.08 Å². The SMILES string of the molecule is COc1cc(/C=C(\C#N)C(N)=O)cc(Cl)c1Cc1ccccc1Cl. The van der Waals surface area contributed by atoms with E-state index in [4.69, 9.17) is 38.9 Å². The van der Waals surface area contributed by atoms with Crippen LogP contribution in [0.2, 0.25) is 10.0 Å². The van der Waals surface area contributed by atoms with Crippen molar-refractivity contribution in [2.24, 2.45) is 5.73 Å². The highest BCUT2D eigenvalue weighted by molar-refractivity contribution is 6.32. The van der Waals surface area contributed by atoms with Crippen LogP contribution < -0.4 is 10.5 Å². The maximum absolute atomic E-state index is 11.2. The first kappa shape index (κ1) is 17.9. The van der Waals surface area contributed by atoms with Crippen molar-refractivity contribution >= 4 is 35.2 Å². The van der Waals surface area contributed by atoms with E-state index in [1.807, 2.05) is 18.2 Å². The maximum Gasteiger partial charge on any atom is 0.259 e. The summed E-state index contributed by atoms with van der Waals surface area (Å²) < 4.78 is 5.40. The van der Waals surface area contributed by atoms with Crippen molar-refractivity contribution in [1.29, 1.82) is 5.26 Å². The summed E-state index contributed by atoms with van der Waals surface area (Å²) >= 11 is 12.6. The highest BCUT2D eigenvalue weighted by Crippen LogP contribution is 2.33. The van der Waals surface area contributed by atoms with Gasteiger partial charge in [0.2, 0.25) is 0 Å². The molecule has 24 heavy (non-hydrogen) atoms. The molecule has 6 heteroatoms. The molecule has 0 spiro atoms. The lowest BCUT2D eigenvalue weighted by atomic mass is 10.0. The van der Waals surface area contributed by atoms with Gasteiger partial charge in [-0.05, 0) is 35.4 Å². The molecule has 0 aliphatic heterocycles. The standard InChI is InChI=1S/C18H14Cl2N2O2/c1-24-17-8-11(6-13(10-21)18(22)23)7-16(20)14(17)9-12-4-2-3-5-15(12)19/h2-8H,9H2,1H3,(H2,22,23)/b13-6+. The van der Waals surface area contributed by atoms with Crippen LogP contribution in [0.4, 0.5) is 0 Å². The molecule has 2 rings (SSSR count). The molecular weight excluding hydrogens is 347 g/mol. The quantitative estimate of drug-likeness (QED) is 0.646. The lowest BCUT2D eigenvalue weighted by molar-refractivity contribution is -0.114. The van der Waals surface area contributed by atoms with E-state index >= 15 is 0 Å². The second kappa shape index (κ2) is 7.87. The molecular formula is C18H14Cl2N2O2. The minimum atomic E-state index is -0.798. The number of primary amides is 1. The lowest BCUT2D eigenvalue weighted by Gasteiger charge is -2.13. The summed E-state index contributed by atoms with van der Waals surface area (Å²) in [5.74, 6) is -0.261. The van der Waals surface area contributed by atoms with Crippen molar-refractivity contribution < 1.29 is 9.53 Å². The van der Waals surface area contributed by atoms with E-state index in [1.165, 1.54) is 13.2 Å². The van der Waals surface area contributed by atoms with Crippen LogP contribution in [-0.4, -0.2) is 13.0 Å². The van der Waals surface area contributed by atoms with E-state index in [9.17, 15) is 4.79 Å². The molecule has 122 valence electrons. The Balaban J connectivity index is 2.47. The van der Waals surface area contributed by atoms with Gasteiger partial charge in [0.25, 0.3) is 5.91 Å². The number of halogens is 2. The molecule has 2 aromatic carbocycles. The number of amides is 1. The monoisotopic (exact) mass is 360 g/mol. The Kier molecular flexibility index (Phi) is 5.86. The molecule has 4 nitrogen and oxygen atoms in total. The minimum Gasteiger partial charge on any atom is -0.496 e. The fourth-order valence-electron chi connectivity index (χ4n) is 2.23. The zero-order valence-electron chi connectivity index (χ0n) is 12.8. The van der Waals surface area contributed by atoms with Gasteiger partial charge in [-0.25, -0.2) is 0 Å². The highest BCUT2D eigenvalue weighted by atomic mass is 35.5. The molecule has 0 fully saturated rings. The number of nitrogens with two attached hydrogens (primary N) is 1. The maximum atomic E-state index is 11.2. The largest absolute Gasteiger partial charge is 0.496 e. The van der Waals surface area contributed by atoms with Crippen LogP contribution in [0.1, 0.15) is 16.7 Å². The third-order valence-electron chi connectivity index (χ3n) is 3.42. The number of rotatable bonds is 5. The summed E-state index contributed by atoms with van der Waals surface area (Å²) in [4.78, 5) is 11.2. The van der Waals surface area contributed by atoms with Crippen LogP contribution in [0.15, 0.2) is 42.0 Å². The minimum absolute atomic E-state index is 0.160. The van der Waals surface area contributed by atoms with E-state index < -0.39 is 5.91 Å². The molecule has 0 unspecified atom stereocenters. The summed E-state index contributed by atoms with van der Waals surface area (Å²) in [7, 11) is 1.52. The molecule has 0 heterocycles.